The number of methoxy groups -OCH3 is 2. The molecule has 4 aromatic rings. The van der Waals surface area contributed by atoms with Gasteiger partial charge in [0.15, 0.2) is 17.3 Å². The predicted molar refractivity (Wildman–Crippen MR) is 151 cm³/mol. The Morgan fingerprint density at radius 1 is 0.947 bits per heavy atom. The predicted octanol–water partition coefficient (Wildman–Crippen LogP) is 7.36. The molecule has 1 heterocycles. The van der Waals surface area contributed by atoms with Crippen LogP contribution in [0.15, 0.2) is 69.9 Å². The minimum Gasteiger partial charge on any atom is -0.493 e. The van der Waals surface area contributed by atoms with Crippen LogP contribution in [0.1, 0.15) is 37.5 Å². The standard InChI is InChI=1S/C31H29ClO6/c1-18-15-25-22(17-23(18)32)28(34)30(29(37-25)20-9-11-21(12-10-20)31(2,3)4)38-27(33)14-8-19-7-13-24(35-5)26(16-19)36-6/h7-17H,1-6H3/b14-8+. The number of aryl methyl sites for hydroxylation is 1. The zero-order chi connectivity index (χ0) is 27.6. The summed E-state index contributed by atoms with van der Waals surface area (Å²) in [5, 5.41) is 0.639. The number of ether oxygens (including phenoxy) is 3. The summed E-state index contributed by atoms with van der Waals surface area (Å²) in [6.45, 7) is 8.17. The largest absolute Gasteiger partial charge is 0.493 e. The fourth-order valence-electron chi connectivity index (χ4n) is 3.96. The zero-order valence-corrected chi connectivity index (χ0v) is 22.9. The van der Waals surface area contributed by atoms with Gasteiger partial charge in [0.2, 0.25) is 11.2 Å². The molecule has 6 nitrogen and oxygen atoms in total. The lowest BCUT2D eigenvalue weighted by Gasteiger charge is -2.19. The van der Waals surface area contributed by atoms with Gasteiger partial charge in [-0.3, -0.25) is 4.79 Å². The highest BCUT2D eigenvalue weighted by Crippen LogP contribution is 2.34. The van der Waals surface area contributed by atoms with Crippen molar-refractivity contribution in [2.45, 2.75) is 33.1 Å². The van der Waals surface area contributed by atoms with Crippen LogP contribution in [0, 0.1) is 6.92 Å². The van der Waals surface area contributed by atoms with E-state index in [1.165, 1.54) is 19.3 Å². The number of esters is 1. The van der Waals surface area contributed by atoms with Crippen LogP contribution in [-0.4, -0.2) is 20.2 Å². The lowest BCUT2D eigenvalue weighted by atomic mass is 9.86. The average molecular weight is 533 g/mol. The molecule has 0 radical (unpaired) electrons. The van der Waals surface area contributed by atoms with Crippen molar-refractivity contribution < 1.29 is 23.4 Å². The molecular weight excluding hydrogens is 504 g/mol. The highest BCUT2D eigenvalue weighted by Gasteiger charge is 2.22. The van der Waals surface area contributed by atoms with Crippen LogP contribution in [0.2, 0.25) is 5.02 Å². The van der Waals surface area contributed by atoms with E-state index in [9.17, 15) is 9.59 Å². The maximum Gasteiger partial charge on any atom is 0.336 e. The molecule has 0 saturated heterocycles. The molecule has 0 fully saturated rings. The molecule has 0 bridgehead atoms. The first-order valence-corrected chi connectivity index (χ1v) is 12.4. The highest BCUT2D eigenvalue weighted by atomic mass is 35.5. The fourth-order valence-corrected chi connectivity index (χ4v) is 4.12. The smallest absolute Gasteiger partial charge is 0.336 e. The van der Waals surface area contributed by atoms with Gasteiger partial charge in [-0.2, -0.15) is 0 Å². The first kappa shape index (κ1) is 27.0. The van der Waals surface area contributed by atoms with Crippen LogP contribution >= 0.6 is 11.6 Å². The molecule has 7 heteroatoms. The molecule has 0 atom stereocenters. The Morgan fingerprint density at radius 3 is 2.26 bits per heavy atom. The molecular formula is C31H29ClO6. The zero-order valence-electron chi connectivity index (χ0n) is 22.2. The highest BCUT2D eigenvalue weighted by molar-refractivity contribution is 6.32. The van der Waals surface area contributed by atoms with Crippen molar-refractivity contribution >= 4 is 34.6 Å². The van der Waals surface area contributed by atoms with E-state index in [2.05, 4.69) is 20.8 Å². The molecule has 4 rings (SSSR count). The van der Waals surface area contributed by atoms with E-state index in [0.717, 1.165) is 11.1 Å². The van der Waals surface area contributed by atoms with Crippen molar-refractivity contribution in [1.29, 1.82) is 0 Å². The van der Waals surface area contributed by atoms with Gasteiger partial charge in [-0.1, -0.05) is 62.7 Å². The van der Waals surface area contributed by atoms with E-state index in [1.54, 1.807) is 37.5 Å². The van der Waals surface area contributed by atoms with Crippen LogP contribution in [0.4, 0.5) is 0 Å². The Balaban J connectivity index is 1.76. The van der Waals surface area contributed by atoms with Crippen molar-refractivity contribution in [2.24, 2.45) is 0 Å². The summed E-state index contributed by atoms with van der Waals surface area (Å²) in [5.41, 5.74) is 2.98. The van der Waals surface area contributed by atoms with Crippen LogP contribution in [0.5, 0.6) is 17.2 Å². The van der Waals surface area contributed by atoms with Gasteiger partial charge >= 0.3 is 5.97 Å². The maximum atomic E-state index is 13.5. The van der Waals surface area contributed by atoms with Gasteiger partial charge in [0, 0.05) is 16.7 Å². The van der Waals surface area contributed by atoms with Crippen LogP contribution in [0.25, 0.3) is 28.4 Å². The summed E-state index contributed by atoms with van der Waals surface area (Å²) in [6, 6.07) is 16.1. The number of hydrogen-bond acceptors (Lipinski definition) is 6. The molecule has 3 aromatic carbocycles. The van der Waals surface area contributed by atoms with Crippen LogP contribution in [0.3, 0.4) is 0 Å². The topological polar surface area (TPSA) is 75.0 Å². The summed E-state index contributed by atoms with van der Waals surface area (Å²) in [4.78, 5) is 26.4. The average Bonchev–Trinajstić information content (AvgIpc) is 2.89. The second-order valence-corrected chi connectivity index (χ2v) is 10.3. The Kier molecular flexibility index (Phi) is 7.65. The van der Waals surface area contributed by atoms with E-state index in [1.807, 2.05) is 31.2 Å². The molecule has 0 aliphatic rings. The molecule has 0 amide bonds. The van der Waals surface area contributed by atoms with E-state index in [0.29, 0.717) is 33.2 Å². The van der Waals surface area contributed by atoms with E-state index < -0.39 is 11.4 Å². The molecule has 1 aromatic heterocycles. The number of hydrogen-bond donors (Lipinski definition) is 0. The molecule has 0 spiro atoms. The summed E-state index contributed by atoms with van der Waals surface area (Å²) in [6.07, 6.45) is 2.80. The minimum atomic E-state index is -0.739. The fraction of sp³-hybridized carbons (Fsp3) is 0.226. The Labute approximate surface area is 226 Å². The molecule has 0 unspecified atom stereocenters. The monoisotopic (exact) mass is 532 g/mol. The lowest BCUT2D eigenvalue weighted by molar-refractivity contribution is -0.129. The van der Waals surface area contributed by atoms with Crippen molar-refractivity contribution in [1.82, 2.24) is 0 Å². The molecule has 0 aliphatic heterocycles. The van der Waals surface area contributed by atoms with E-state index in [4.69, 9.17) is 30.2 Å². The Morgan fingerprint density at radius 2 is 1.63 bits per heavy atom. The van der Waals surface area contributed by atoms with Crippen molar-refractivity contribution in [3.8, 4) is 28.6 Å². The van der Waals surface area contributed by atoms with Crippen molar-refractivity contribution in [3.63, 3.8) is 0 Å². The van der Waals surface area contributed by atoms with Crippen LogP contribution in [-0.2, 0) is 10.2 Å². The van der Waals surface area contributed by atoms with Gasteiger partial charge in [-0.25, -0.2) is 4.79 Å². The molecule has 0 N–H and O–H groups in total. The maximum absolute atomic E-state index is 13.5. The van der Waals surface area contributed by atoms with Crippen molar-refractivity contribution in [2.75, 3.05) is 14.2 Å². The lowest BCUT2D eigenvalue weighted by Crippen LogP contribution is -2.14. The summed E-state index contributed by atoms with van der Waals surface area (Å²) >= 11 is 6.28. The summed E-state index contributed by atoms with van der Waals surface area (Å²) < 4.78 is 22.3. The Bertz CT molecular complexity index is 1590. The summed E-state index contributed by atoms with van der Waals surface area (Å²) in [5.74, 6) is 0.306. The summed E-state index contributed by atoms with van der Waals surface area (Å²) in [7, 11) is 3.07. The third-order valence-electron chi connectivity index (χ3n) is 6.17. The van der Waals surface area contributed by atoms with Crippen molar-refractivity contribution in [3.05, 3.63) is 92.6 Å². The molecule has 38 heavy (non-hydrogen) atoms. The Hall–Kier alpha value is -4.03. The second-order valence-electron chi connectivity index (χ2n) is 9.88. The normalized spacial score (nSPS) is 11.7. The van der Waals surface area contributed by atoms with Gasteiger partial charge in [0.1, 0.15) is 5.58 Å². The number of carbonyl (C=O) groups excluding carboxylic acids is 1. The van der Waals surface area contributed by atoms with Gasteiger partial charge in [-0.15, -0.1) is 0 Å². The first-order chi connectivity index (χ1) is 18.0. The quantitative estimate of drug-likeness (QED) is 0.191. The van der Waals surface area contributed by atoms with Gasteiger partial charge in [0.05, 0.1) is 19.6 Å². The third-order valence-corrected chi connectivity index (χ3v) is 6.57. The molecule has 0 saturated carbocycles. The van der Waals surface area contributed by atoms with Gasteiger partial charge < -0.3 is 18.6 Å². The van der Waals surface area contributed by atoms with Gasteiger partial charge in [-0.05, 0) is 59.4 Å². The molecule has 0 aliphatic carbocycles. The van der Waals surface area contributed by atoms with Gasteiger partial charge in [0.25, 0.3) is 0 Å². The first-order valence-electron chi connectivity index (χ1n) is 12.0. The minimum absolute atomic E-state index is 0.0547. The van der Waals surface area contributed by atoms with E-state index >= 15 is 0 Å². The number of carbonyl (C=O) groups is 1. The third kappa shape index (κ3) is 5.60. The van der Waals surface area contributed by atoms with E-state index in [-0.39, 0.29) is 22.3 Å². The van der Waals surface area contributed by atoms with Crippen LogP contribution < -0.4 is 19.6 Å². The second kappa shape index (κ2) is 10.8. The number of halogens is 1. The molecule has 196 valence electrons. The number of rotatable bonds is 6. The number of fused-ring (bicyclic) bond motifs is 1. The SMILES string of the molecule is COc1ccc(/C=C/C(=O)Oc2c(-c3ccc(C(C)(C)C)cc3)oc3cc(C)c(Cl)cc3c2=O)cc1OC. The number of benzene rings is 3.